The van der Waals surface area contributed by atoms with Crippen molar-refractivity contribution >= 4 is 22.7 Å². The van der Waals surface area contributed by atoms with Crippen molar-refractivity contribution in [2.45, 2.75) is 404 Å². The maximum absolute atomic E-state index is 2.38. The molecule has 18 nitrogen and oxygen atoms in total. The molecular weight excluding hydrogens is 1820 g/mol. The molecule has 0 amide bonds. The topological polar surface area (TPSA) is 78.2 Å². The first-order chi connectivity index (χ1) is 69.4. The lowest BCUT2D eigenvalue weighted by molar-refractivity contribution is -0.703. The number of aromatic nitrogens is 18. The largest absolute Gasteiger partial charge is 0.244 e. The van der Waals surface area contributed by atoms with E-state index in [1.807, 2.05) is 14.1 Å². The van der Waals surface area contributed by atoms with Crippen molar-refractivity contribution in [2.24, 2.45) is 135 Å². The third kappa shape index (κ3) is 47.8. The summed E-state index contributed by atoms with van der Waals surface area (Å²) < 4.78 is 40.1. The summed E-state index contributed by atoms with van der Waals surface area (Å²) >= 11 is 3.55. The fourth-order valence-electron chi connectivity index (χ4n) is 21.2. The van der Waals surface area contributed by atoms with E-state index in [0.717, 1.165) is 159 Å². The van der Waals surface area contributed by atoms with E-state index in [9.17, 15) is 0 Å². The van der Waals surface area contributed by atoms with Gasteiger partial charge >= 0.3 is 0 Å². The summed E-state index contributed by atoms with van der Waals surface area (Å²) in [5, 5.41) is 4.28. The van der Waals surface area contributed by atoms with Gasteiger partial charge in [-0.1, -0.05) is 210 Å². The number of nitrogens with zero attached hydrogens (tertiary/aromatic N) is 18. The van der Waals surface area contributed by atoms with E-state index >= 15 is 0 Å². The Hall–Kier alpha value is -8.62. The zero-order chi connectivity index (χ0) is 105. The second-order valence-electron chi connectivity index (χ2n) is 47.7. The van der Waals surface area contributed by atoms with Crippen LogP contribution >= 0.6 is 22.7 Å². The summed E-state index contributed by atoms with van der Waals surface area (Å²) in [4.78, 5) is 0. The van der Waals surface area contributed by atoms with Crippen molar-refractivity contribution in [2.75, 3.05) is 0 Å². The van der Waals surface area contributed by atoms with Crippen LogP contribution in [-0.4, -0.2) is 36.5 Å². The molecule has 0 radical (unpaired) electrons. The molecule has 12 aromatic rings. The minimum absolute atomic E-state index is 0.609. The molecular formula is C125H212N18S2+10. The highest BCUT2D eigenvalue weighted by Gasteiger charge is 2.32. The molecule has 4 unspecified atom stereocenters. The van der Waals surface area contributed by atoms with Gasteiger partial charge < -0.3 is 0 Å². The first kappa shape index (κ1) is 122. The number of benzene rings is 2. The van der Waals surface area contributed by atoms with Crippen LogP contribution in [0.5, 0.6) is 0 Å². The van der Waals surface area contributed by atoms with Crippen LogP contribution < -0.4 is 45.7 Å². The Morgan fingerprint density at radius 2 is 0.586 bits per heavy atom. The van der Waals surface area contributed by atoms with Crippen LogP contribution in [0.2, 0.25) is 0 Å². The number of hydrogen-bond acceptors (Lipinski definition) is 2. The Bertz CT molecular complexity index is 5220. The monoisotopic (exact) mass is 2030 g/mol. The molecule has 5 fully saturated rings. The molecule has 0 spiro atoms. The number of imidazole rings is 8. The molecule has 20 heteroatoms. The van der Waals surface area contributed by atoms with Crippen LogP contribution in [0.25, 0.3) is 0 Å². The predicted molar refractivity (Wildman–Crippen MR) is 602 cm³/mol. The lowest BCUT2D eigenvalue weighted by atomic mass is 9.77. The van der Waals surface area contributed by atoms with Gasteiger partial charge in [-0.25, -0.2) is 73.1 Å². The number of aryl methyl sites for hydroxylation is 11. The highest BCUT2D eigenvalue weighted by Crippen LogP contribution is 2.39. The molecule has 0 N–H and O–H groups in total. The Labute approximate surface area is 892 Å². The van der Waals surface area contributed by atoms with Gasteiger partial charge in [0, 0.05) is 12.3 Å². The van der Waals surface area contributed by atoms with Crippen molar-refractivity contribution in [1.82, 2.24) is 36.5 Å². The molecule has 804 valence electrons. The third-order valence-corrected chi connectivity index (χ3v) is 33.0. The van der Waals surface area contributed by atoms with Gasteiger partial charge in [0.15, 0.2) is 18.9 Å². The predicted octanol–water partition coefficient (Wildman–Crippen LogP) is 25.5. The third-order valence-electron chi connectivity index (χ3n) is 31.6. The highest BCUT2D eigenvalue weighted by atomic mass is 32.1. The molecule has 17 rings (SSSR count). The SMILES string of the molecule is CC(C)C1CCC(C[n+]2ccsc2)CC1.CC(C)C1CCC(Cn2cc[n+](C)c2)C1.CC(C)C1CCC(Cn2cc[n+](C)c2)CC1.CC(C)CC[n+]1ccsc1.CC(C)CCn1cc[n+](C)c1.CC(C)c1ccc(Cn2cc[n+](C)c2)cc1.CCn1cc[n+](CC2CCC(C(C)C)C2)c1.CCn1cc[n+](CC2CCC(C(C)C)CC2)c1.CCn1cc[n+](CCC(C)C)c1.CCn1cc[n+](Cc2ccc(C(C)C)cc2)c1. The highest BCUT2D eigenvalue weighted by molar-refractivity contribution is 7.07. The van der Waals surface area contributed by atoms with E-state index < -0.39 is 0 Å². The van der Waals surface area contributed by atoms with Gasteiger partial charge in [-0.05, 0) is 291 Å². The van der Waals surface area contributed by atoms with Gasteiger partial charge in [0.25, 0.3) is 0 Å². The van der Waals surface area contributed by atoms with Crippen molar-refractivity contribution in [3.63, 3.8) is 0 Å². The van der Waals surface area contributed by atoms with E-state index in [4.69, 9.17) is 0 Å². The normalized spacial score (nSPS) is 19.2. The van der Waals surface area contributed by atoms with E-state index in [0.29, 0.717) is 11.8 Å². The van der Waals surface area contributed by atoms with Crippen LogP contribution in [0.1, 0.15) is 335 Å². The van der Waals surface area contributed by atoms with Crippen LogP contribution in [0.15, 0.2) is 232 Å². The second kappa shape index (κ2) is 66.1. The van der Waals surface area contributed by atoms with E-state index in [1.54, 1.807) is 22.7 Å². The number of thiazole rings is 2. The zero-order valence-electron chi connectivity index (χ0n) is 97.1. The summed E-state index contributed by atoms with van der Waals surface area (Å²) in [6.07, 6.45) is 85.6. The lowest BCUT2D eigenvalue weighted by Gasteiger charge is -2.29. The first-order valence-corrected chi connectivity index (χ1v) is 59.6. The standard InChI is InChI=1S/C15H27N2.C15H21N2.C14H25N2.C14H19N2.C14H25N2.C13H23N2.C13H22NS.C10H19N2.C9H17N2.C8H14NS/c2*1-4-16-9-10-17(12-16)11-14-5-7-15(8-6-14)13(2)3;2*1-12(2)14-6-4-13(5-7-14)10-16-9-8-15(3)11-16;1-4-15-7-8-16(11-15)10-13-5-6-14(9-13)12(2)3;1-11(2)13-5-4-12(8-13)9-15-7-6-14(3)10-15;1-11(2)13-5-3-12(4-6-13)9-14-7-8-15-10-14;1-4-11-7-8-12(9-11)6-5-10(2)3;1-9(2)4-5-11-7-6-10(3)8-11;1-8(2)3-4-9-5-6-10-7-9/h9-10,12-15H,4-8,11H2,1-3H3;5-10,12-13H,4,11H2,1-3H3;8-9,11-14H,4-7,10H2,1-3H3;4-9,11-12H,10H2,1-3H3;7-8,11-14H,4-6,9-10H2,1-3H3;6-7,10-13H,4-5,8-9H2,1-3H3;7-8,10-13H,3-6,9H2,1-2H3;7-10H,4-6H2,1-3H3;6-9H,4-5H2,1-3H3;5-8H,3-4H2,1-2H3/q10*+1. The lowest BCUT2D eigenvalue weighted by Crippen LogP contribution is -2.37. The van der Waals surface area contributed by atoms with Crippen LogP contribution in [-0.2, 0) is 120 Å². The Morgan fingerprint density at radius 3 is 0.952 bits per heavy atom. The molecule has 0 saturated heterocycles. The Morgan fingerprint density at radius 1 is 0.276 bits per heavy atom. The van der Waals surface area contributed by atoms with Crippen LogP contribution in [0.3, 0.4) is 0 Å². The van der Waals surface area contributed by atoms with E-state index in [-0.39, 0.29) is 0 Å². The zero-order valence-corrected chi connectivity index (χ0v) is 98.7. The smallest absolute Gasteiger partial charge is 0.240 e. The molecule has 0 bridgehead atoms. The van der Waals surface area contributed by atoms with Crippen molar-refractivity contribution in [3.8, 4) is 0 Å². The molecule has 4 atom stereocenters. The summed E-state index contributed by atoms with van der Waals surface area (Å²) in [7, 11) is 8.26. The molecule has 10 heterocycles. The molecule has 10 aromatic heterocycles. The first-order valence-electron chi connectivity index (χ1n) is 57.7. The second-order valence-corrected chi connectivity index (χ2v) is 49.2. The van der Waals surface area contributed by atoms with E-state index in [1.165, 1.54) is 196 Å². The molecule has 0 aliphatic heterocycles. The summed E-state index contributed by atoms with van der Waals surface area (Å²) in [5.41, 5.74) is 9.90. The summed E-state index contributed by atoms with van der Waals surface area (Å²) in [6, 6.07) is 17.8. The van der Waals surface area contributed by atoms with Crippen LogP contribution in [0.4, 0.5) is 0 Å². The minimum atomic E-state index is 0.609. The number of rotatable bonds is 34. The molecule has 145 heavy (non-hydrogen) atoms. The van der Waals surface area contributed by atoms with E-state index in [2.05, 4.69) is 495 Å². The maximum atomic E-state index is 2.38. The Kier molecular flexibility index (Phi) is 55.4. The average Bonchev–Trinajstić information content (AvgIpc) is 1.66. The van der Waals surface area contributed by atoms with Gasteiger partial charge in [-0.2, -0.15) is 9.13 Å². The van der Waals surface area contributed by atoms with Gasteiger partial charge in [0.2, 0.25) is 61.6 Å². The minimum Gasteiger partial charge on any atom is -0.240 e. The van der Waals surface area contributed by atoms with Gasteiger partial charge in [-0.15, -0.1) is 0 Å². The molecule has 5 aliphatic rings. The van der Waals surface area contributed by atoms with Gasteiger partial charge in [0.05, 0.1) is 104 Å². The van der Waals surface area contributed by atoms with Crippen LogP contribution in [0, 0.1) is 107 Å². The summed E-state index contributed by atoms with van der Waals surface area (Å²) in [5.74, 6) is 17.5. The van der Waals surface area contributed by atoms with Gasteiger partial charge in [-0.3, -0.25) is 0 Å². The summed E-state index contributed by atoms with van der Waals surface area (Å²) in [6.45, 7) is 70.5. The van der Waals surface area contributed by atoms with Crippen molar-refractivity contribution < 1.29 is 45.7 Å². The number of hydrogen-bond donors (Lipinski definition) is 0. The maximum Gasteiger partial charge on any atom is 0.244 e. The quantitative estimate of drug-likeness (QED) is 0.0360. The molecule has 2 aromatic carbocycles. The molecule has 5 aliphatic carbocycles. The van der Waals surface area contributed by atoms with Gasteiger partial charge in [0.1, 0.15) is 119 Å². The molecule has 5 saturated carbocycles. The fraction of sp³-hybridized carbons (Fsp3) is 0.664. The van der Waals surface area contributed by atoms with Crippen molar-refractivity contribution in [3.05, 3.63) is 255 Å². The fourth-order valence-corrected chi connectivity index (χ4v) is 22.4. The Balaban J connectivity index is 0.000000197. The average molecular weight is 2030 g/mol. The van der Waals surface area contributed by atoms with Crippen molar-refractivity contribution in [1.29, 1.82) is 0 Å².